The SMILES string of the molecule is C[C@@H](O)[C@H](N)C(=O)N(CCCCOC(=O)Cn1cnc2cc(Br)c(Cl)cc2c1=O)Cc1cccc(-c2ccc3c(c2)CNC3=O)c1. The van der Waals surface area contributed by atoms with E-state index in [1.54, 1.807) is 11.0 Å². The van der Waals surface area contributed by atoms with Gasteiger partial charge in [0.05, 0.1) is 35.0 Å². The molecule has 1 aromatic heterocycles. The molecule has 4 N–H and O–H groups in total. The lowest BCUT2D eigenvalue weighted by Gasteiger charge is -2.27. The van der Waals surface area contributed by atoms with Gasteiger partial charge in [-0.1, -0.05) is 35.9 Å². The molecule has 2 atom stereocenters. The molecule has 46 heavy (non-hydrogen) atoms. The first-order chi connectivity index (χ1) is 22.0. The molecule has 2 amide bonds. The smallest absolute Gasteiger partial charge is 0.326 e. The maximum Gasteiger partial charge on any atom is 0.326 e. The fourth-order valence-electron chi connectivity index (χ4n) is 5.21. The Morgan fingerprint density at radius 1 is 1.15 bits per heavy atom. The van der Waals surface area contributed by atoms with Crippen LogP contribution in [0.25, 0.3) is 22.0 Å². The number of carbonyl (C=O) groups excluding carboxylic acids is 3. The molecule has 0 unspecified atom stereocenters. The van der Waals surface area contributed by atoms with Crippen LogP contribution in [0, 0.1) is 0 Å². The Labute approximate surface area is 278 Å². The van der Waals surface area contributed by atoms with Crippen LogP contribution in [0.5, 0.6) is 0 Å². The van der Waals surface area contributed by atoms with Crippen LogP contribution in [0.4, 0.5) is 0 Å². The normalized spacial score (nSPS) is 13.6. The number of aliphatic hydroxyl groups excluding tert-OH is 1. The van der Waals surface area contributed by atoms with Crippen molar-refractivity contribution in [2.75, 3.05) is 13.2 Å². The van der Waals surface area contributed by atoms with Crippen molar-refractivity contribution in [2.45, 2.75) is 51.5 Å². The van der Waals surface area contributed by atoms with Gasteiger partial charge in [0, 0.05) is 29.7 Å². The van der Waals surface area contributed by atoms with Crippen LogP contribution in [0.3, 0.4) is 0 Å². The summed E-state index contributed by atoms with van der Waals surface area (Å²) in [5.74, 6) is -1.07. The average Bonchev–Trinajstić information content (AvgIpc) is 3.41. The van der Waals surface area contributed by atoms with Crippen molar-refractivity contribution in [3.05, 3.63) is 97.5 Å². The maximum atomic E-state index is 13.2. The van der Waals surface area contributed by atoms with Gasteiger partial charge in [0.15, 0.2) is 0 Å². The van der Waals surface area contributed by atoms with Crippen LogP contribution >= 0.6 is 27.5 Å². The summed E-state index contributed by atoms with van der Waals surface area (Å²) in [6.07, 6.45) is 1.21. The van der Waals surface area contributed by atoms with Crippen LogP contribution in [-0.4, -0.2) is 62.6 Å². The maximum absolute atomic E-state index is 13.2. The molecule has 1 aliphatic heterocycles. The van der Waals surface area contributed by atoms with Crippen LogP contribution < -0.4 is 16.6 Å². The van der Waals surface area contributed by atoms with Crippen molar-refractivity contribution >= 4 is 56.2 Å². The fraction of sp³-hybridized carbons (Fsp3) is 0.303. The standard InChI is InChI=1S/C33H33BrClN5O6/c1-19(41)30(36)33(45)39(16-20-5-4-6-21(11-20)22-7-8-24-23(12-22)15-37-31(24)43)9-2-3-10-46-29(42)17-40-18-38-28-14-26(34)27(35)13-25(28)32(40)44/h4-8,11-14,18-19,30,41H,2-3,9-10,15-17,36H2,1H3,(H,37,43)/t19-,30+/m1/s1. The van der Waals surface area contributed by atoms with Crippen molar-refractivity contribution in [1.29, 1.82) is 0 Å². The Bertz CT molecular complexity index is 1860. The third-order valence-electron chi connectivity index (χ3n) is 7.79. The highest BCUT2D eigenvalue weighted by molar-refractivity contribution is 9.10. The molecule has 1 aliphatic rings. The Morgan fingerprint density at radius 2 is 1.93 bits per heavy atom. The minimum Gasteiger partial charge on any atom is -0.464 e. The number of carbonyl (C=O) groups is 3. The summed E-state index contributed by atoms with van der Waals surface area (Å²) in [6, 6.07) is 15.5. The van der Waals surface area contributed by atoms with Gasteiger partial charge >= 0.3 is 5.97 Å². The number of unbranched alkanes of at least 4 members (excludes halogenated alkanes) is 1. The summed E-state index contributed by atoms with van der Waals surface area (Å²) in [5.41, 5.74) is 10.4. The fourth-order valence-corrected chi connectivity index (χ4v) is 5.70. The number of rotatable bonds is 12. The minimum absolute atomic E-state index is 0.0780. The van der Waals surface area contributed by atoms with Crippen LogP contribution in [-0.2, 0) is 34.0 Å². The molecule has 5 rings (SSSR count). The Balaban J connectivity index is 1.18. The molecule has 3 aromatic carbocycles. The van der Waals surface area contributed by atoms with Crippen molar-refractivity contribution < 1.29 is 24.2 Å². The zero-order chi connectivity index (χ0) is 33.0. The van der Waals surface area contributed by atoms with Crippen molar-refractivity contribution in [1.82, 2.24) is 19.8 Å². The predicted molar refractivity (Wildman–Crippen MR) is 177 cm³/mol. The van der Waals surface area contributed by atoms with Crippen molar-refractivity contribution in [2.24, 2.45) is 5.73 Å². The van der Waals surface area contributed by atoms with E-state index in [-0.39, 0.29) is 31.0 Å². The van der Waals surface area contributed by atoms with Crippen LogP contribution in [0.2, 0.25) is 5.02 Å². The molecular weight excluding hydrogens is 678 g/mol. The summed E-state index contributed by atoms with van der Waals surface area (Å²) >= 11 is 9.42. The van der Waals surface area contributed by atoms with Gasteiger partial charge in [-0.2, -0.15) is 0 Å². The number of halogens is 2. The van der Waals surface area contributed by atoms with Gasteiger partial charge in [-0.05, 0) is 88.3 Å². The highest BCUT2D eigenvalue weighted by Gasteiger charge is 2.25. The monoisotopic (exact) mass is 709 g/mol. The van der Waals surface area contributed by atoms with Crippen molar-refractivity contribution in [3.8, 4) is 11.1 Å². The van der Waals surface area contributed by atoms with Gasteiger partial charge in [-0.15, -0.1) is 0 Å². The third kappa shape index (κ3) is 7.64. The molecule has 0 saturated carbocycles. The number of hydrogen-bond donors (Lipinski definition) is 3. The van der Waals surface area contributed by atoms with E-state index in [2.05, 4.69) is 26.2 Å². The lowest BCUT2D eigenvalue weighted by Crippen LogP contribution is -2.49. The predicted octanol–water partition coefficient (Wildman–Crippen LogP) is 3.78. The summed E-state index contributed by atoms with van der Waals surface area (Å²) in [6.45, 7) is 2.32. The number of aromatic nitrogens is 2. The Morgan fingerprint density at radius 3 is 2.72 bits per heavy atom. The van der Waals surface area contributed by atoms with Crippen LogP contribution in [0.15, 0.2) is 70.2 Å². The summed E-state index contributed by atoms with van der Waals surface area (Å²) < 4.78 is 7.13. The number of benzene rings is 3. The molecule has 4 aromatic rings. The quantitative estimate of drug-likeness (QED) is 0.148. The Kier molecular flexibility index (Phi) is 10.5. The molecule has 0 saturated heterocycles. The summed E-state index contributed by atoms with van der Waals surface area (Å²) in [7, 11) is 0. The molecular formula is C33H33BrClN5O6. The lowest BCUT2D eigenvalue weighted by molar-refractivity contribution is -0.144. The van der Waals surface area contributed by atoms with E-state index in [1.807, 2.05) is 42.5 Å². The first kappa shape index (κ1) is 33.3. The number of nitrogens with zero attached hydrogens (tertiary/aromatic N) is 3. The molecule has 11 nitrogen and oxygen atoms in total. The lowest BCUT2D eigenvalue weighted by atomic mass is 9.98. The number of ether oxygens (including phenoxy) is 1. The number of esters is 1. The van der Waals surface area contributed by atoms with Gasteiger partial charge in [0.2, 0.25) is 5.91 Å². The van der Waals surface area contributed by atoms with Gasteiger partial charge < -0.3 is 25.8 Å². The van der Waals surface area contributed by atoms with E-state index in [4.69, 9.17) is 22.1 Å². The largest absolute Gasteiger partial charge is 0.464 e. The first-order valence-corrected chi connectivity index (χ1v) is 15.9. The van der Waals surface area contributed by atoms with Gasteiger partial charge in [0.25, 0.3) is 11.5 Å². The van der Waals surface area contributed by atoms with Crippen molar-refractivity contribution in [3.63, 3.8) is 0 Å². The second kappa shape index (κ2) is 14.5. The number of fused-ring (bicyclic) bond motifs is 2. The summed E-state index contributed by atoms with van der Waals surface area (Å²) in [5, 5.41) is 13.5. The molecule has 0 bridgehead atoms. The zero-order valence-electron chi connectivity index (χ0n) is 25.0. The van der Waals surface area contributed by atoms with E-state index in [0.29, 0.717) is 46.5 Å². The summed E-state index contributed by atoms with van der Waals surface area (Å²) in [4.78, 5) is 56.3. The van der Waals surface area contributed by atoms with Crippen LogP contribution in [0.1, 0.15) is 41.3 Å². The van der Waals surface area contributed by atoms with E-state index >= 15 is 0 Å². The first-order valence-electron chi connectivity index (χ1n) is 14.7. The number of hydrogen-bond acceptors (Lipinski definition) is 8. The molecule has 2 heterocycles. The van der Waals surface area contributed by atoms with E-state index in [9.17, 15) is 24.3 Å². The van der Waals surface area contributed by atoms with E-state index in [1.165, 1.54) is 23.9 Å². The topological polar surface area (TPSA) is 157 Å². The van der Waals surface area contributed by atoms with Gasteiger partial charge in [0.1, 0.15) is 12.6 Å². The molecule has 0 spiro atoms. The molecule has 0 fully saturated rings. The molecule has 0 radical (unpaired) electrons. The third-order valence-corrected chi connectivity index (χ3v) is 8.99. The average molecular weight is 711 g/mol. The highest BCUT2D eigenvalue weighted by Crippen LogP contribution is 2.27. The van der Waals surface area contributed by atoms with Gasteiger partial charge in [-0.3, -0.25) is 23.7 Å². The zero-order valence-corrected chi connectivity index (χ0v) is 27.4. The van der Waals surface area contributed by atoms with Gasteiger partial charge in [-0.25, -0.2) is 4.98 Å². The number of amides is 2. The number of aliphatic hydroxyl groups is 1. The second-order valence-electron chi connectivity index (χ2n) is 11.2. The second-order valence-corrected chi connectivity index (χ2v) is 12.4. The molecule has 0 aliphatic carbocycles. The Hall–Kier alpha value is -4.10. The minimum atomic E-state index is -1.09. The number of nitrogens with one attached hydrogen (secondary N) is 1. The molecule has 13 heteroatoms. The number of nitrogens with two attached hydrogens (primary N) is 1. The van der Waals surface area contributed by atoms with E-state index < -0.39 is 29.6 Å². The molecule has 240 valence electrons. The highest BCUT2D eigenvalue weighted by atomic mass is 79.9. The van der Waals surface area contributed by atoms with E-state index in [0.717, 1.165) is 22.3 Å².